The van der Waals surface area contributed by atoms with Crippen LogP contribution in [0.15, 0.2) is 38.2 Å². The van der Waals surface area contributed by atoms with Gasteiger partial charge in [0.1, 0.15) is 11.6 Å². The third kappa shape index (κ3) is 3.28. The fourth-order valence-electron chi connectivity index (χ4n) is 1.85. The molecule has 21 heavy (non-hydrogen) atoms. The molecule has 1 aromatic heterocycles. The van der Waals surface area contributed by atoms with Crippen LogP contribution in [0.25, 0.3) is 0 Å². The lowest BCUT2D eigenvalue weighted by Crippen LogP contribution is -2.27. The Labute approximate surface area is 130 Å². The second-order valence-electron chi connectivity index (χ2n) is 4.59. The maximum atomic E-state index is 13.7. The zero-order valence-corrected chi connectivity index (χ0v) is 13.8. The smallest absolute Gasteiger partial charge is 0.243 e. The van der Waals surface area contributed by atoms with Crippen molar-refractivity contribution in [2.75, 3.05) is 12.8 Å². The molecule has 114 valence electrons. The topological polar surface area (TPSA) is 76.5 Å². The Morgan fingerprint density at radius 2 is 2.05 bits per heavy atom. The summed E-state index contributed by atoms with van der Waals surface area (Å²) in [4.78, 5) is -0.145. The first kappa shape index (κ1) is 16.0. The Morgan fingerprint density at radius 1 is 1.38 bits per heavy atom. The third-order valence-corrected chi connectivity index (χ3v) is 5.37. The molecule has 0 saturated heterocycles. The number of hydrogen-bond donors (Lipinski definition) is 1. The van der Waals surface area contributed by atoms with Gasteiger partial charge in [0.15, 0.2) is 4.67 Å². The summed E-state index contributed by atoms with van der Waals surface area (Å²) in [7, 11) is -2.47. The molecular formula is C13H14BrFN2O3S. The van der Waals surface area contributed by atoms with Gasteiger partial charge in [-0.25, -0.2) is 12.8 Å². The SMILES string of the molecule is Cc1c(F)cc(N)cc1S(=O)(=O)N(C)Cc1ccc(Br)o1. The molecule has 8 heteroatoms. The number of nitrogen functional groups attached to an aromatic ring is 1. The number of furan rings is 1. The van der Waals surface area contributed by atoms with Crippen LogP contribution in [0.2, 0.25) is 0 Å². The van der Waals surface area contributed by atoms with Crippen LogP contribution in [0.5, 0.6) is 0 Å². The number of anilines is 1. The fraction of sp³-hybridized carbons (Fsp3) is 0.231. The minimum absolute atomic E-state index is 0.0315. The zero-order chi connectivity index (χ0) is 15.8. The number of benzene rings is 1. The molecular weight excluding hydrogens is 363 g/mol. The molecule has 0 bridgehead atoms. The van der Waals surface area contributed by atoms with Gasteiger partial charge in [0.05, 0.1) is 11.4 Å². The normalized spacial score (nSPS) is 12.0. The number of nitrogens with two attached hydrogens (primary N) is 1. The Hall–Kier alpha value is -1.38. The maximum absolute atomic E-state index is 13.7. The van der Waals surface area contributed by atoms with E-state index in [1.165, 1.54) is 20.0 Å². The summed E-state index contributed by atoms with van der Waals surface area (Å²) >= 11 is 3.15. The Kier molecular flexibility index (Phi) is 4.40. The summed E-state index contributed by atoms with van der Waals surface area (Å²) in [5, 5.41) is 0. The molecule has 0 spiro atoms. The van der Waals surface area contributed by atoms with Crippen molar-refractivity contribution in [1.82, 2.24) is 4.31 Å². The Bertz CT molecular complexity index is 774. The standard InChI is InChI=1S/C13H14BrFN2O3S/c1-8-11(15)5-9(16)6-12(8)21(18,19)17(2)7-10-3-4-13(14)20-10/h3-6H,7,16H2,1-2H3. The number of hydrogen-bond acceptors (Lipinski definition) is 4. The van der Waals surface area contributed by atoms with Gasteiger partial charge in [-0.3, -0.25) is 0 Å². The van der Waals surface area contributed by atoms with E-state index in [1.54, 1.807) is 12.1 Å². The van der Waals surface area contributed by atoms with E-state index in [9.17, 15) is 12.8 Å². The van der Waals surface area contributed by atoms with Crippen LogP contribution in [0.1, 0.15) is 11.3 Å². The highest BCUT2D eigenvalue weighted by atomic mass is 79.9. The van der Waals surface area contributed by atoms with Gasteiger partial charge in [-0.2, -0.15) is 4.31 Å². The quantitative estimate of drug-likeness (QED) is 0.832. The Balaban J connectivity index is 2.37. The number of sulfonamides is 1. The largest absolute Gasteiger partial charge is 0.453 e. The highest BCUT2D eigenvalue weighted by Crippen LogP contribution is 2.26. The van der Waals surface area contributed by atoms with Crippen LogP contribution in [-0.4, -0.2) is 19.8 Å². The van der Waals surface area contributed by atoms with Crippen molar-refractivity contribution in [1.29, 1.82) is 0 Å². The molecule has 2 N–H and O–H groups in total. The third-order valence-electron chi connectivity index (χ3n) is 3.01. The van der Waals surface area contributed by atoms with Gasteiger partial charge in [0.25, 0.3) is 0 Å². The van der Waals surface area contributed by atoms with Crippen molar-refractivity contribution in [2.45, 2.75) is 18.4 Å². The first-order valence-electron chi connectivity index (χ1n) is 5.98. The summed E-state index contributed by atoms with van der Waals surface area (Å²) in [6.45, 7) is 1.43. The predicted octanol–water partition coefficient (Wildman–Crippen LogP) is 2.89. The molecule has 2 aromatic rings. The van der Waals surface area contributed by atoms with Gasteiger partial charge in [0.2, 0.25) is 10.0 Å². The molecule has 5 nitrogen and oxygen atoms in total. The maximum Gasteiger partial charge on any atom is 0.243 e. The van der Waals surface area contributed by atoms with Crippen LogP contribution in [0, 0.1) is 12.7 Å². The molecule has 0 atom stereocenters. The molecule has 2 rings (SSSR count). The van der Waals surface area contributed by atoms with Gasteiger partial charge in [0, 0.05) is 18.3 Å². The van der Waals surface area contributed by atoms with E-state index in [4.69, 9.17) is 10.2 Å². The van der Waals surface area contributed by atoms with Gasteiger partial charge in [-0.05, 0) is 47.1 Å². The highest BCUT2D eigenvalue weighted by Gasteiger charge is 2.25. The van der Waals surface area contributed by atoms with Gasteiger partial charge in [-0.1, -0.05) is 0 Å². The molecule has 0 fully saturated rings. The first-order valence-corrected chi connectivity index (χ1v) is 8.21. The number of halogens is 2. The molecule has 0 radical (unpaired) electrons. The van der Waals surface area contributed by atoms with Crippen molar-refractivity contribution < 1.29 is 17.2 Å². The van der Waals surface area contributed by atoms with Crippen molar-refractivity contribution >= 4 is 31.6 Å². The zero-order valence-electron chi connectivity index (χ0n) is 11.4. The van der Waals surface area contributed by atoms with E-state index >= 15 is 0 Å². The number of rotatable bonds is 4. The highest BCUT2D eigenvalue weighted by molar-refractivity contribution is 9.10. The number of nitrogens with zero attached hydrogens (tertiary/aromatic N) is 1. The van der Waals surface area contributed by atoms with Crippen molar-refractivity contribution in [3.8, 4) is 0 Å². The van der Waals surface area contributed by atoms with Crippen LogP contribution in [0.3, 0.4) is 0 Å². The predicted molar refractivity (Wildman–Crippen MR) is 80.6 cm³/mol. The molecule has 0 aliphatic rings. The second-order valence-corrected chi connectivity index (χ2v) is 7.39. The molecule has 0 amide bonds. The molecule has 0 unspecified atom stereocenters. The van der Waals surface area contributed by atoms with Crippen LogP contribution < -0.4 is 5.73 Å². The van der Waals surface area contributed by atoms with Crippen molar-refractivity contribution in [2.24, 2.45) is 0 Å². The van der Waals surface area contributed by atoms with Crippen LogP contribution in [-0.2, 0) is 16.6 Å². The summed E-state index contributed by atoms with van der Waals surface area (Å²) in [5.41, 5.74) is 5.63. The van der Waals surface area contributed by atoms with E-state index < -0.39 is 15.8 Å². The fourth-order valence-corrected chi connectivity index (χ4v) is 3.59. The van der Waals surface area contributed by atoms with Crippen molar-refractivity contribution in [3.05, 3.63) is 46.1 Å². The van der Waals surface area contributed by atoms with Crippen molar-refractivity contribution in [3.63, 3.8) is 0 Å². The summed E-state index contributed by atoms with van der Waals surface area (Å²) in [5.74, 6) is -0.183. The summed E-state index contributed by atoms with van der Waals surface area (Å²) in [6.07, 6.45) is 0. The first-order chi connectivity index (χ1) is 9.71. The van der Waals surface area contributed by atoms with Gasteiger partial charge < -0.3 is 10.2 Å². The second kappa shape index (κ2) is 5.78. The summed E-state index contributed by atoms with van der Waals surface area (Å²) < 4.78 is 45.6. The lowest BCUT2D eigenvalue weighted by molar-refractivity contribution is 0.398. The van der Waals surface area contributed by atoms with E-state index in [0.717, 1.165) is 10.4 Å². The minimum Gasteiger partial charge on any atom is -0.453 e. The van der Waals surface area contributed by atoms with E-state index in [1.807, 2.05) is 0 Å². The average Bonchev–Trinajstić information content (AvgIpc) is 2.79. The van der Waals surface area contributed by atoms with E-state index in [-0.39, 0.29) is 22.7 Å². The van der Waals surface area contributed by atoms with E-state index in [2.05, 4.69) is 15.9 Å². The lowest BCUT2D eigenvalue weighted by Gasteiger charge is -2.18. The molecule has 0 saturated carbocycles. The molecule has 1 heterocycles. The molecule has 0 aliphatic carbocycles. The Morgan fingerprint density at radius 3 is 2.62 bits per heavy atom. The summed E-state index contributed by atoms with van der Waals surface area (Å²) in [6, 6.07) is 5.67. The lowest BCUT2D eigenvalue weighted by atomic mass is 10.2. The van der Waals surface area contributed by atoms with Gasteiger partial charge >= 0.3 is 0 Å². The van der Waals surface area contributed by atoms with Crippen LogP contribution >= 0.6 is 15.9 Å². The average molecular weight is 377 g/mol. The minimum atomic E-state index is -3.87. The van der Waals surface area contributed by atoms with Gasteiger partial charge in [-0.15, -0.1) is 0 Å². The molecule has 1 aromatic carbocycles. The monoisotopic (exact) mass is 376 g/mol. The van der Waals surface area contributed by atoms with E-state index in [0.29, 0.717) is 10.4 Å². The molecule has 0 aliphatic heterocycles. The van der Waals surface area contributed by atoms with Crippen LogP contribution in [0.4, 0.5) is 10.1 Å².